The Bertz CT molecular complexity index is 570. The molecule has 1 fully saturated rings. The number of amides is 1. The highest BCUT2D eigenvalue weighted by Gasteiger charge is 2.44. The van der Waals surface area contributed by atoms with Crippen molar-refractivity contribution in [2.24, 2.45) is 0 Å². The number of ether oxygens (including phenoxy) is 1. The van der Waals surface area contributed by atoms with Crippen molar-refractivity contribution in [2.45, 2.75) is 37.8 Å². The summed E-state index contributed by atoms with van der Waals surface area (Å²) in [6.45, 7) is 5.25. The van der Waals surface area contributed by atoms with E-state index < -0.39 is 29.1 Å². The van der Waals surface area contributed by atoms with Crippen LogP contribution in [0.4, 0.5) is 4.79 Å². The smallest absolute Gasteiger partial charge is 0.412 e. The number of thioether (sulfide) groups is 1. The Morgan fingerprint density at radius 3 is 2.41 bits per heavy atom. The summed E-state index contributed by atoms with van der Waals surface area (Å²) in [7, 11) is 0. The molecule has 0 radical (unpaired) electrons. The average molecular weight is 344 g/mol. The van der Waals surface area contributed by atoms with E-state index in [4.69, 9.17) is 16.3 Å². The summed E-state index contributed by atoms with van der Waals surface area (Å²) in [4.78, 5) is 25.1. The van der Waals surface area contributed by atoms with Gasteiger partial charge in [0.25, 0.3) is 0 Å². The van der Waals surface area contributed by atoms with Crippen LogP contribution in [0, 0.1) is 0 Å². The summed E-state index contributed by atoms with van der Waals surface area (Å²) in [6.07, 6.45) is -0.621. The monoisotopic (exact) mass is 343 g/mol. The number of carbonyl (C=O) groups is 2. The van der Waals surface area contributed by atoms with Crippen LogP contribution in [0.25, 0.3) is 0 Å². The van der Waals surface area contributed by atoms with Gasteiger partial charge in [0.15, 0.2) is 0 Å². The summed E-state index contributed by atoms with van der Waals surface area (Å²) in [5, 5.41) is 9.55. The minimum atomic E-state index is -1.03. The third-order valence-corrected chi connectivity index (χ3v) is 4.62. The molecule has 0 unspecified atom stereocenters. The topological polar surface area (TPSA) is 66.8 Å². The molecule has 1 N–H and O–H groups in total. The van der Waals surface area contributed by atoms with Gasteiger partial charge in [-0.05, 0) is 38.5 Å². The van der Waals surface area contributed by atoms with Gasteiger partial charge in [-0.25, -0.2) is 9.59 Å². The molecule has 2 atom stereocenters. The predicted molar refractivity (Wildman–Crippen MR) is 86.1 cm³/mol. The molecule has 1 amide bonds. The van der Waals surface area contributed by atoms with E-state index in [0.29, 0.717) is 10.8 Å². The van der Waals surface area contributed by atoms with Gasteiger partial charge in [0.1, 0.15) is 17.0 Å². The van der Waals surface area contributed by atoms with Crippen molar-refractivity contribution in [1.82, 2.24) is 4.90 Å². The van der Waals surface area contributed by atoms with Crippen molar-refractivity contribution in [3.05, 3.63) is 34.9 Å². The van der Waals surface area contributed by atoms with E-state index in [1.807, 2.05) is 0 Å². The number of carbonyl (C=O) groups excluding carboxylic acids is 1. The lowest BCUT2D eigenvalue weighted by Gasteiger charge is -2.30. The Hall–Kier alpha value is -1.40. The SMILES string of the molecule is CC(C)(C)OC(=O)N1[C@@H](C(=O)O)CS[C@@H]1c1ccc(Cl)cc1. The van der Waals surface area contributed by atoms with Crippen LogP contribution in [0.1, 0.15) is 31.7 Å². The summed E-state index contributed by atoms with van der Waals surface area (Å²) >= 11 is 7.28. The number of hydrogen-bond donors (Lipinski definition) is 1. The molecule has 5 nitrogen and oxygen atoms in total. The van der Waals surface area contributed by atoms with Crippen LogP contribution in [0.15, 0.2) is 24.3 Å². The molecule has 120 valence electrons. The summed E-state index contributed by atoms with van der Waals surface area (Å²) in [6, 6.07) is 6.13. The van der Waals surface area contributed by atoms with Gasteiger partial charge in [-0.1, -0.05) is 23.7 Å². The fourth-order valence-electron chi connectivity index (χ4n) is 2.12. The number of halogens is 1. The molecular formula is C15H18ClNO4S. The molecule has 1 aromatic rings. The predicted octanol–water partition coefficient (Wildman–Crippen LogP) is 3.78. The van der Waals surface area contributed by atoms with Gasteiger partial charge in [-0.3, -0.25) is 4.90 Å². The fourth-order valence-corrected chi connectivity index (χ4v) is 3.66. The number of nitrogens with zero attached hydrogens (tertiary/aromatic N) is 1. The van der Waals surface area contributed by atoms with E-state index in [9.17, 15) is 14.7 Å². The highest BCUT2D eigenvalue weighted by molar-refractivity contribution is 7.99. The van der Waals surface area contributed by atoms with Crippen LogP contribution in [0.5, 0.6) is 0 Å². The largest absolute Gasteiger partial charge is 0.480 e. The molecule has 22 heavy (non-hydrogen) atoms. The molecule has 1 aromatic carbocycles. The number of rotatable bonds is 2. The summed E-state index contributed by atoms with van der Waals surface area (Å²) < 4.78 is 5.36. The normalized spacial score (nSPS) is 21.7. The number of hydrogen-bond acceptors (Lipinski definition) is 4. The van der Waals surface area contributed by atoms with E-state index in [2.05, 4.69) is 0 Å². The first-order valence-electron chi connectivity index (χ1n) is 6.80. The van der Waals surface area contributed by atoms with Crippen molar-refractivity contribution in [3.8, 4) is 0 Å². The minimum absolute atomic E-state index is 0.321. The highest BCUT2D eigenvalue weighted by atomic mass is 35.5. The Morgan fingerprint density at radius 2 is 1.91 bits per heavy atom. The van der Waals surface area contributed by atoms with Gasteiger partial charge in [-0.15, -0.1) is 11.8 Å². The molecule has 2 rings (SSSR count). The number of aliphatic carboxylic acids is 1. The Morgan fingerprint density at radius 1 is 1.32 bits per heavy atom. The first kappa shape index (κ1) is 17.0. The second kappa shape index (κ2) is 6.38. The first-order chi connectivity index (χ1) is 10.2. The molecule has 0 aliphatic carbocycles. The molecule has 1 heterocycles. The van der Waals surface area contributed by atoms with Crippen LogP contribution in [-0.2, 0) is 9.53 Å². The van der Waals surface area contributed by atoms with Crippen molar-refractivity contribution < 1.29 is 19.4 Å². The van der Waals surface area contributed by atoms with E-state index in [1.165, 1.54) is 16.7 Å². The van der Waals surface area contributed by atoms with Crippen LogP contribution in [0.3, 0.4) is 0 Å². The number of benzene rings is 1. The number of carboxylic acids is 1. The average Bonchev–Trinajstić information content (AvgIpc) is 2.82. The molecule has 1 aliphatic heterocycles. The Labute approximate surface area is 138 Å². The van der Waals surface area contributed by atoms with E-state index >= 15 is 0 Å². The van der Waals surface area contributed by atoms with Gasteiger partial charge >= 0.3 is 12.1 Å². The van der Waals surface area contributed by atoms with Crippen molar-refractivity contribution >= 4 is 35.4 Å². The van der Waals surface area contributed by atoms with E-state index in [1.54, 1.807) is 45.0 Å². The molecule has 7 heteroatoms. The molecule has 0 aromatic heterocycles. The van der Waals surface area contributed by atoms with Gasteiger partial charge in [-0.2, -0.15) is 0 Å². The second-order valence-electron chi connectivity index (χ2n) is 5.98. The zero-order valence-electron chi connectivity index (χ0n) is 12.6. The lowest BCUT2D eigenvalue weighted by molar-refractivity contribution is -0.142. The third kappa shape index (κ3) is 3.87. The molecule has 1 saturated heterocycles. The van der Waals surface area contributed by atoms with Crippen LogP contribution >= 0.6 is 23.4 Å². The quantitative estimate of drug-likeness (QED) is 0.885. The van der Waals surface area contributed by atoms with E-state index in [0.717, 1.165) is 5.56 Å². The third-order valence-electron chi connectivity index (χ3n) is 3.04. The summed E-state index contributed by atoms with van der Waals surface area (Å²) in [5.74, 6) is -0.711. The van der Waals surface area contributed by atoms with Gasteiger partial charge in [0.2, 0.25) is 0 Å². The maximum absolute atomic E-state index is 12.4. The van der Waals surface area contributed by atoms with Crippen LogP contribution in [-0.4, -0.2) is 39.5 Å². The van der Waals surface area contributed by atoms with Gasteiger partial charge in [0.05, 0.1) is 0 Å². The minimum Gasteiger partial charge on any atom is -0.480 e. The summed E-state index contributed by atoms with van der Waals surface area (Å²) in [5.41, 5.74) is 0.141. The standard InChI is InChI=1S/C15H18ClNO4S/c1-15(2,3)21-14(20)17-11(13(18)19)8-22-12(17)9-4-6-10(16)7-5-9/h4-7,11-12H,8H2,1-3H3,(H,18,19)/t11-,12-/m1/s1. The van der Waals surface area contributed by atoms with Crippen LogP contribution < -0.4 is 0 Å². The second-order valence-corrected chi connectivity index (χ2v) is 7.53. The maximum atomic E-state index is 12.4. The number of carboxylic acid groups (broad SMARTS) is 1. The lowest BCUT2D eigenvalue weighted by atomic mass is 10.2. The highest BCUT2D eigenvalue weighted by Crippen LogP contribution is 2.42. The Kier molecular flexibility index (Phi) is 4.92. The first-order valence-corrected chi connectivity index (χ1v) is 8.23. The van der Waals surface area contributed by atoms with Gasteiger partial charge < -0.3 is 9.84 Å². The zero-order valence-corrected chi connectivity index (χ0v) is 14.1. The van der Waals surface area contributed by atoms with Crippen molar-refractivity contribution in [3.63, 3.8) is 0 Å². The molecule has 0 bridgehead atoms. The molecule has 0 saturated carbocycles. The molecular weight excluding hydrogens is 326 g/mol. The maximum Gasteiger partial charge on any atom is 0.412 e. The fraction of sp³-hybridized carbons (Fsp3) is 0.467. The zero-order chi connectivity index (χ0) is 16.5. The molecule has 1 aliphatic rings. The van der Waals surface area contributed by atoms with Crippen molar-refractivity contribution in [1.29, 1.82) is 0 Å². The Balaban J connectivity index is 2.30. The van der Waals surface area contributed by atoms with Crippen molar-refractivity contribution in [2.75, 3.05) is 5.75 Å². The van der Waals surface area contributed by atoms with Gasteiger partial charge in [0, 0.05) is 10.8 Å². The lowest BCUT2D eigenvalue weighted by Crippen LogP contribution is -2.45. The van der Waals surface area contributed by atoms with E-state index in [-0.39, 0.29) is 0 Å². The van der Waals surface area contributed by atoms with Crippen LogP contribution in [0.2, 0.25) is 5.02 Å². The molecule has 0 spiro atoms.